The summed E-state index contributed by atoms with van der Waals surface area (Å²) in [7, 11) is 2.75. The molecule has 0 aliphatic rings. The molecule has 0 spiro atoms. The Morgan fingerprint density at radius 1 is 1.32 bits per heavy atom. The van der Waals surface area contributed by atoms with Gasteiger partial charge < -0.3 is 9.47 Å². The van der Waals surface area contributed by atoms with Gasteiger partial charge >= 0.3 is 12.1 Å². The van der Waals surface area contributed by atoms with Crippen LogP contribution in [0.1, 0.15) is 25.5 Å². The molecule has 0 aliphatic carbocycles. The quantitative estimate of drug-likeness (QED) is 0.755. The highest BCUT2D eigenvalue weighted by Gasteiger charge is 2.33. The van der Waals surface area contributed by atoms with Crippen molar-refractivity contribution in [2.24, 2.45) is 0 Å². The van der Waals surface area contributed by atoms with Gasteiger partial charge in [-0.05, 0) is 38.6 Å². The van der Waals surface area contributed by atoms with Crippen LogP contribution < -0.4 is 4.74 Å². The summed E-state index contributed by atoms with van der Waals surface area (Å²) in [6, 6.07) is 5.97. The van der Waals surface area contributed by atoms with E-state index in [9.17, 15) is 18.0 Å². The average Bonchev–Trinajstić information content (AvgIpc) is 2.44. The van der Waals surface area contributed by atoms with Gasteiger partial charge in [0.25, 0.3) is 0 Å². The van der Waals surface area contributed by atoms with Crippen molar-refractivity contribution in [2.75, 3.05) is 20.7 Å². The molecule has 0 saturated carbocycles. The minimum Gasteiger partial charge on any atom is -0.497 e. The lowest BCUT2D eigenvalue weighted by molar-refractivity contribution is -0.164. The SMILES string of the molecule is COc1cccc([C@@H](C)OC(=O)[C@H](C)N(C)CC(F)(F)F)c1. The van der Waals surface area contributed by atoms with Crippen molar-refractivity contribution in [3.8, 4) is 5.75 Å². The number of carbonyl (C=O) groups is 1. The lowest BCUT2D eigenvalue weighted by Gasteiger charge is -2.25. The Morgan fingerprint density at radius 2 is 1.95 bits per heavy atom. The van der Waals surface area contributed by atoms with Crippen LogP contribution in [0.25, 0.3) is 0 Å². The number of hydrogen-bond acceptors (Lipinski definition) is 4. The number of alkyl halides is 3. The van der Waals surface area contributed by atoms with E-state index >= 15 is 0 Å². The fourth-order valence-corrected chi connectivity index (χ4v) is 1.83. The number of likely N-dealkylation sites (N-methyl/N-ethyl adjacent to an activating group) is 1. The Bertz CT molecular complexity index is 505. The minimum atomic E-state index is -4.36. The number of esters is 1. The van der Waals surface area contributed by atoms with Crippen LogP contribution in [0.15, 0.2) is 24.3 Å². The van der Waals surface area contributed by atoms with Gasteiger partial charge in [0, 0.05) is 0 Å². The molecular weight excluding hydrogens is 299 g/mol. The second-order valence-electron chi connectivity index (χ2n) is 5.06. The van der Waals surface area contributed by atoms with E-state index < -0.39 is 30.8 Å². The van der Waals surface area contributed by atoms with E-state index in [-0.39, 0.29) is 0 Å². The van der Waals surface area contributed by atoms with Crippen LogP contribution in [0.5, 0.6) is 5.75 Å². The first-order chi connectivity index (χ1) is 10.1. The first kappa shape index (κ1) is 18.3. The average molecular weight is 319 g/mol. The van der Waals surface area contributed by atoms with Gasteiger partial charge in [-0.15, -0.1) is 0 Å². The van der Waals surface area contributed by atoms with Gasteiger partial charge in [0.2, 0.25) is 0 Å². The zero-order valence-electron chi connectivity index (χ0n) is 13.0. The summed E-state index contributed by atoms with van der Waals surface area (Å²) in [5.74, 6) is -0.0929. The molecule has 1 aromatic rings. The van der Waals surface area contributed by atoms with Crippen molar-refractivity contribution < 1.29 is 27.4 Å². The molecule has 0 bridgehead atoms. The third kappa shape index (κ3) is 5.55. The molecule has 0 N–H and O–H groups in total. The van der Waals surface area contributed by atoms with E-state index in [4.69, 9.17) is 9.47 Å². The highest BCUT2D eigenvalue weighted by Crippen LogP contribution is 2.23. The summed E-state index contributed by atoms with van der Waals surface area (Å²) in [6.07, 6.45) is -4.94. The topological polar surface area (TPSA) is 38.8 Å². The molecule has 22 heavy (non-hydrogen) atoms. The number of halogens is 3. The van der Waals surface area contributed by atoms with Crippen molar-refractivity contribution in [1.82, 2.24) is 4.90 Å². The maximum absolute atomic E-state index is 12.3. The van der Waals surface area contributed by atoms with Crippen molar-refractivity contribution in [3.05, 3.63) is 29.8 Å². The molecule has 0 fully saturated rings. The Kier molecular flexibility index (Phi) is 6.22. The second kappa shape index (κ2) is 7.49. The zero-order chi connectivity index (χ0) is 16.9. The first-order valence-corrected chi connectivity index (χ1v) is 6.75. The van der Waals surface area contributed by atoms with Crippen LogP contribution in [0.4, 0.5) is 13.2 Å². The van der Waals surface area contributed by atoms with E-state index in [0.29, 0.717) is 11.3 Å². The van der Waals surface area contributed by atoms with Crippen LogP contribution in [-0.2, 0) is 9.53 Å². The molecule has 0 amide bonds. The summed E-state index contributed by atoms with van der Waals surface area (Å²) >= 11 is 0. The Morgan fingerprint density at radius 3 is 2.50 bits per heavy atom. The summed E-state index contributed by atoms with van der Waals surface area (Å²) in [4.78, 5) is 12.8. The molecule has 0 unspecified atom stereocenters. The highest BCUT2D eigenvalue weighted by atomic mass is 19.4. The van der Waals surface area contributed by atoms with Crippen LogP contribution in [0.2, 0.25) is 0 Å². The van der Waals surface area contributed by atoms with Gasteiger partial charge in [-0.3, -0.25) is 9.69 Å². The van der Waals surface area contributed by atoms with E-state index in [0.717, 1.165) is 4.90 Å². The van der Waals surface area contributed by atoms with Crippen LogP contribution in [-0.4, -0.2) is 43.8 Å². The Labute approximate surface area is 127 Å². The smallest absolute Gasteiger partial charge is 0.401 e. The first-order valence-electron chi connectivity index (χ1n) is 6.75. The molecule has 0 heterocycles. The predicted octanol–water partition coefficient (Wildman–Crippen LogP) is 3.18. The maximum Gasteiger partial charge on any atom is 0.401 e. The van der Waals surface area contributed by atoms with Gasteiger partial charge in [0.1, 0.15) is 17.9 Å². The van der Waals surface area contributed by atoms with Gasteiger partial charge in [0.15, 0.2) is 0 Å². The summed E-state index contributed by atoms with van der Waals surface area (Å²) < 4.78 is 47.3. The van der Waals surface area contributed by atoms with Gasteiger partial charge in [-0.2, -0.15) is 13.2 Å². The second-order valence-corrected chi connectivity index (χ2v) is 5.06. The van der Waals surface area contributed by atoms with Crippen molar-refractivity contribution >= 4 is 5.97 Å². The maximum atomic E-state index is 12.3. The minimum absolute atomic E-state index is 0.579. The van der Waals surface area contributed by atoms with Gasteiger partial charge in [0.05, 0.1) is 13.7 Å². The largest absolute Gasteiger partial charge is 0.497 e. The van der Waals surface area contributed by atoms with Gasteiger partial charge in [-0.25, -0.2) is 0 Å². The molecule has 1 rings (SSSR count). The van der Waals surface area contributed by atoms with E-state index in [1.54, 1.807) is 31.2 Å². The number of methoxy groups -OCH3 is 1. The summed E-state index contributed by atoms with van der Waals surface area (Å²) in [5, 5.41) is 0. The Hall–Kier alpha value is -1.76. The molecular formula is C15H20F3NO3. The fourth-order valence-electron chi connectivity index (χ4n) is 1.83. The lowest BCUT2D eigenvalue weighted by Crippen LogP contribution is -2.42. The number of carbonyl (C=O) groups excluding carboxylic acids is 1. The van der Waals surface area contributed by atoms with E-state index in [1.807, 2.05) is 0 Å². The monoisotopic (exact) mass is 319 g/mol. The summed E-state index contributed by atoms with van der Waals surface area (Å²) in [6.45, 7) is 1.87. The number of ether oxygens (including phenoxy) is 2. The van der Waals surface area contributed by atoms with Crippen molar-refractivity contribution in [1.29, 1.82) is 0 Å². The third-order valence-electron chi connectivity index (χ3n) is 3.29. The molecule has 4 nitrogen and oxygen atoms in total. The summed E-state index contributed by atoms with van der Waals surface area (Å²) in [5.41, 5.74) is 0.707. The van der Waals surface area contributed by atoms with Crippen molar-refractivity contribution in [2.45, 2.75) is 32.2 Å². The Balaban J connectivity index is 2.66. The predicted molar refractivity (Wildman–Crippen MR) is 75.6 cm³/mol. The van der Waals surface area contributed by atoms with Crippen LogP contribution in [0.3, 0.4) is 0 Å². The standard InChI is InChI=1S/C15H20F3NO3/c1-10(19(3)9-15(16,17)18)14(20)22-11(2)12-6-5-7-13(8-12)21-4/h5-8,10-11H,9H2,1-4H3/t10-,11+/m0/s1. The zero-order valence-corrected chi connectivity index (χ0v) is 13.0. The molecule has 7 heteroatoms. The number of benzene rings is 1. The van der Waals surface area contributed by atoms with E-state index in [2.05, 4.69) is 0 Å². The number of nitrogens with zero attached hydrogens (tertiary/aromatic N) is 1. The molecule has 124 valence electrons. The molecule has 0 aliphatic heterocycles. The van der Waals surface area contributed by atoms with Gasteiger partial charge in [-0.1, -0.05) is 12.1 Å². The molecule has 2 atom stereocenters. The van der Waals surface area contributed by atoms with Crippen molar-refractivity contribution in [3.63, 3.8) is 0 Å². The number of rotatable bonds is 6. The molecule has 0 saturated heterocycles. The highest BCUT2D eigenvalue weighted by molar-refractivity contribution is 5.75. The molecule has 0 radical (unpaired) electrons. The van der Waals surface area contributed by atoms with Crippen LogP contribution in [0, 0.1) is 0 Å². The lowest BCUT2D eigenvalue weighted by atomic mass is 10.1. The normalized spacial score (nSPS) is 14.5. The fraction of sp³-hybridized carbons (Fsp3) is 0.533. The molecule has 1 aromatic carbocycles. The van der Waals surface area contributed by atoms with E-state index in [1.165, 1.54) is 21.1 Å². The van der Waals surface area contributed by atoms with Crippen LogP contribution >= 0.6 is 0 Å². The molecule has 0 aromatic heterocycles. The number of hydrogen-bond donors (Lipinski definition) is 0. The third-order valence-corrected chi connectivity index (χ3v) is 3.29.